The monoisotopic (exact) mass is 348 g/mol. The Bertz CT molecular complexity index is 986. The maximum atomic E-state index is 11.1. The SMILES string of the molecule is C=Cc1cc([N+](=O)[O-])cc(C=C)c1Oc1ccc2[nH]cc(C(C)C)c2c1. The van der Waals surface area contributed by atoms with Gasteiger partial charge in [0.1, 0.15) is 11.5 Å². The summed E-state index contributed by atoms with van der Waals surface area (Å²) in [5.41, 5.74) is 3.32. The Labute approximate surface area is 151 Å². The Morgan fingerprint density at radius 3 is 2.35 bits per heavy atom. The summed E-state index contributed by atoms with van der Waals surface area (Å²) >= 11 is 0. The van der Waals surface area contributed by atoms with Gasteiger partial charge in [0, 0.05) is 40.4 Å². The number of aromatic nitrogens is 1. The molecule has 5 nitrogen and oxygen atoms in total. The van der Waals surface area contributed by atoms with Crippen molar-refractivity contribution in [2.75, 3.05) is 0 Å². The molecule has 0 aliphatic carbocycles. The van der Waals surface area contributed by atoms with Gasteiger partial charge in [-0.3, -0.25) is 10.1 Å². The number of non-ortho nitro benzene ring substituents is 1. The van der Waals surface area contributed by atoms with Crippen LogP contribution in [0.1, 0.15) is 36.5 Å². The molecule has 0 unspecified atom stereocenters. The number of nitrogens with one attached hydrogen (secondary N) is 1. The lowest BCUT2D eigenvalue weighted by atomic mass is 10.0. The minimum atomic E-state index is -0.440. The fraction of sp³-hybridized carbons (Fsp3) is 0.143. The van der Waals surface area contributed by atoms with Crippen molar-refractivity contribution in [2.24, 2.45) is 0 Å². The predicted octanol–water partition coefficient (Wildman–Crippen LogP) is 6.28. The molecule has 132 valence electrons. The van der Waals surface area contributed by atoms with Gasteiger partial charge < -0.3 is 9.72 Å². The van der Waals surface area contributed by atoms with Crippen LogP contribution >= 0.6 is 0 Å². The quantitative estimate of drug-likeness (QED) is 0.421. The largest absolute Gasteiger partial charge is 0.456 e. The number of nitrogens with zero attached hydrogens (tertiary/aromatic N) is 1. The molecule has 1 N–H and O–H groups in total. The van der Waals surface area contributed by atoms with Crippen molar-refractivity contribution in [1.29, 1.82) is 0 Å². The highest BCUT2D eigenvalue weighted by Gasteiger charge is 2.16. The Balaban J connectivity index is 2.09. The van der Waals surface area contributed by atoms with Gasteiger partial charge >= 0.3 is 0 Å². The summed E-state index contributed by atoms with van der Waals surface area (Å²) in [6.45, 7) is 11.8. The van der Waals surface area contributed by atoms with Gasteiger partial charge in [-0.2, -0.15) is 0 Å². The molecule has 0 aliphatic heterocycles. The Morgan fingerprint density at radius 1 is 1.15 bits per heavy atom. The summed E-state index contributed by atoms with van der Waals surface area (Å²) in [6, 6.07) is 8.70. The van der Waals surface area contributed by atoms with Crippen LogP contribution in [0.15, 0.2) is 49.7 Å². The number of nitro groups is 1. The molecule has 0 amide bonds. The first kappa shape index (κ1) is 17.5. The van der Waals surface area contributed by atoms with E-state index >= 15 is 0 Å². The van der Waals surface area contributed by atoms with E-state index in [2.05, 4.69) is 32.0 Å². The lowest BCUT2D eigenvalue weighted by Gasteiger charge is -2.13. The van der Waals surface area contributed by atoms with Crippen molar-refractivity contribution in [3.63, 3.8) is 0 Å². The maximum Gasteiger partial charge on any atom is 0.270 e. The third-order valence-electron chi connectivity index (χ3n) is 4.31. The maximum absolute atomic E-state index is 11.1. The molecule has 3 aromatic rings. The lowest BCUT2D eigenvalue weighted by Crippen LogP contribution is -1.95. The van der Waals surface area contributed by atoms with Crippen LogP contribution in [-0.2, 0) is 0 Å². The zero-order valence-electron chi connectivity index (χ0n) is 14.8. The Kier molecular flexibility index (Phi) is 4.63. The van der Waals surface area contributed by atoms with Crippen LogP contribution in [0.5, 0.6) is 11.5 Å². The van der Waals surface area contributed by atoms with E-state index in [0.29, 0.717) is 28.5 Å². The minimum Gasteiger partial charge on any atom is -0.456 e. The molecule has 0 saturated heterocycles. The van der Waals surface area contributed by atoms with Gasteiger partial charge in [0.15, 0.2) is 0 Å². The summed E-state index contributed by atoms with van der Waals surface area (Å²) in [6.07, 6.45) is 5.10. The molecule has 26 heavy (non-hydrogen) atoms. The molecule has 2 aromatic carbocycles. The second-order valence-corrected chi connectivity index (χ2v) is 6.33. The minimum absolute atomic E-state index is 0.0228. The first-order valence-corrected chi connectivity index (χ1v) is 8.30. The molecular formula is C21H20N2O3. The van der Waals surface area contributed by atoms with Gasteiger partial charge in [-0.05, 0) is 29.7 Å². The highest BCUT2D eigenvalue weighted by molar-refractivity contribution is 5.85. The molecule has 0 spiro atoms. The van der Waals surface area contributed by atoms with E-state index in [-0.39, 0.29) is 5.69 Å². The third-order valence-corrected chi connectivity index (χ3v) is 4.31. The number of benzene rings is 2. The van der Waals surface area contributed by atoms with E-state index in [1.165, 1.54) is 17.7 Å². The van der Waals surface area contributed by atoms with Crippen LogP contribution in [-0.4, -0.2) is 9.91 Å². The molecule has 0 radical (unpaired) electrons. The lowest BCUT2D eigenvalue weighted by molar-refractivity contribution is -0.384. The zero-order valence-corrected chi connectivity index (χ0v) is 14.8. The van der Waals surface area contributed by atoms with Gasteiger partial charge in [0.05, 0.1) is 4.92 Å². The van der Waals surface area contributed by atoms with Crippen LogP contribution in [0.4, 0.5) is 5.69 Å². The molecule has 0 atom stereocenters. The number of fused-ring (bicyclic) bond motifs is 1. The van der Waals surface area contributed by atoms with Gasteiger partial charge in [-0.1, -0.05) is 39.2 Å². The number of hydrogen-bond donors (Lipinski definition) is 1. The van der Waals surface area contributed by atoms with Crippen LogP contribution < -0.4 is 4.74 Å². The summed E-state index contributed by atoms with van der Waals surface area (Å²) in [7, 11) is 0. The van der Waals surface area contributed by atoms with Gasteiger partial charge in [0.2, 0.25) is 0 Å². The predicted molar refractivity (Wildman–Crippen MR) is 106 cm³/mol. The molecule has 1 heterocycles. The first-order valence-electron chi connectivity index (χ1n) is 8.30. The molecule has 5 heteroatoms. The first-order chi connectivity index (χ1) is 12.4. The van der Waals surface area contributed by atoms with E-state index < -0.39 is 4.92 Å². The smallest absolute Gasteiger partial charge is 0.270 e. The molecular weight excluding hydrogens is 328 g/mol. The molecule has 0 saturated carbocycles. The third kappa shape index (κ3) is 3.11. The van der Waals surface area contributed by atoms with E-state index in [9.17, 15) is 10.1 Å². The number of H-pyrrole nitrogens is 1. The highest BCUT2D eigenvalue weighted by Crippen LogP contribution is 2.36. The van der Waals surface area contributed by atoms with Crippen LogP contribution in [0.25, 0.3) is 23.1 Å². The summed E-state index contributed by atoms with van der Waals surface area (Å²) in [4.78, 5) is 13.9. The second-order valence-electron chi connectivity index (χ2n) is 6.33. The van der Waals surface area contributed by atoms with Gasteiger partial charge in [-0.25, -0.2) is 0 Å². The second kappa shape index (κ2) is 6.88. The average Bonchev–Trinajstić information content (AvgIpc) is 3.05. The van der Waals surface area contributed by atoms with Crippen LogP contribution in [0.2, 0.25) is 0 Å². The molecule has 0 bridgehead atoms. The van der Waals surface area contributed by atoms with Crippen molar-refractivity contribution in [3.8, 4) is 11.5 Å². The highest BCUT2D eigenvalue weighted by atomic mass is 16.6. The van der Waals surface area contributed by atoms with Crippen molar-refractivity contribution >= 4 is 28.7 Å². The van der Waals surface area contributed by atoms with Crippen LogP contribution in [0.3, 0.4) is 0 Å². The Morgan fingerprint density at radius 2 is 1.81 bits per heavy atom. The fourth-order valence-corrected chi connectivity index (χ4v) is 2.96. The van der Waals surface area contributed by atoms with Gasteiger partial charge in [-0.15, -0.1) is 0 Å². The standard InChI is InChI=1S/C21H20N2O3/c1-5-14-9-16(23(24)25)10-15(6-2)21(14)26-17-7-8-20-18(11-17)19(12-22-20)13(3)4/h5-13,22H,1-2H2,3-4H3. The Hall–Kier alpha value is -3.34. The molecule has 0 fully saturated rings. The number of ether oxygens (including phenoxy) is 1. The number of rotatable bonds is 6. The van der Waals surface area contributed by atoms with Crippen LogP contribution in [0, 0.1) is 10.1 Å². The zero-order chi connectivity index (χ0) is 18.8. The summed E-state index contributed by atoms with van der Waals surface area (Å²) in [5, 5.41) is 12.2. The van der Waals surface area contributed by atoms with Crippen molar-refractivity contribution < 1.29 is 9.66 Å². The number of aromatic amines is 1. The average molecular weight is 348 g/mol. The van der Waals surface area contributed by atoms with E-state index in [4.69, 9.17) is 4.74 Å². The van der Waals surface area contributed by atoms with E-state index in [1.54, 1.807) is 12.2 Å². The van der Waals surface area contributed by atoms with Crippen molar-refractivity contribution in [2.45, 2.75) is 19.8 Å². The van der Waals surface area contributed by atoms with Crippen molar-refractivity contribution in [1.82, 2.24) is 4.98 Å². The van der Waals surface area contributed by atoms with Gasteiger partial charge in [0.25, 0.3) is 5.69 Å². The molecule has 3 rings (SSSR count). The normalized spacial score (nSPS) is 10.9. The topological polar surface area (TPSA) is 68.2 Å². The molecule has 1 aromatic heterocycles. The fourth-order valence-electron chi connectivity index (χ4n) is 2.96. The van der Waals surface area contributed by atoms with E-state index in [0.717, 1.165) is 10.9 Å². The van der Waals surface area contributed by atoms with Crippen molar-refractivity contribution in [3.05, 3.63) is 76.5 Å². The number of nitro benzene ring substituents is 1. The number of hydrogen-bond acceptors (Lipinski definition) is 3. The summed E-state index contributed by atoms with van der Waals surface area (Å²) in [5.74, 6) is 1.53. The summed E-state index contributed by atoms with van der Waals surface area (Å²) < 4.78 is 6.09. The molecule has 0 aliphatic rings. The van der Waals surface area contributed by atoms with E-state index in [1.807, 2.05) is 24.4 Å².